The fourth-order valence-corrected chi connectivity index (χ4v) is 3.28. The minimum atomic E-state index is -0.451. The largest absolute Gasteiger partial charge is 0.352 e. The average molecular weight is 391 g/mol. The first-order valence-electron chi connectivity index (χ1n) is 8.82. The van der Waals surface area contributed by atoms with Crippen LogP contribution in [0.1, 0.15) is 42.0 Å². The molecule has 2 aromatic rings. The van der Waals surface area contributed by atoms with Crippen molar-refractivity contribution in [1.82, 2.24) is 20.1 Å². The van der Waals surface area contributed by atoms with Crippen LogP contribution in [0.2, 0.25) is 0 Å². The maximum atomic E-state index is 12.2. The summed E-state index contributed by atoms with van der Waals surface area (Å²) in [5.74, 6) is 1.19. The molecule has 27 heavy (non-hydrogen) atoms. The number of benzene rings is 1. The van der Waals surface area contributed by atoms with Crippen molar-refractivity contribution >= 4 is 23.4 Å². The molecule has 0 saturated carbocycles. The number of nitro benzene ring substituents is 1. The maximum Gasteiger partial charge on any atom is 0.272 e. The summed E-state index contributed by atoms with van der Waals surface area (Å²) < 4.78 is 2.14. The van der Waals surface area contributed by atoms with Crippen LogP contribution >= 0.6 is 11.8 Å². The van der Waals surface area contributed by atoms with Gasteiger partial charge >= 0.3 is 0 Å². The first-order chi connectivity index (χ1) is 12.8. The zero-order chi connectivity index (χ0) is 20.0. The molecule has 0 unspecified atom stereocenters. The predicted octanol–water partition coefficient (Wildman–Crippen LogP) is 3.24. The molecule has 0 radical (unpaired) electrons. The first-order valence-corrected chi connectivity index (χ1v) is 10.0. The van der Waals surface area contributed by atoms with Gasteiger partial charge in [0.1, 0.15) is 5.82 Å². The Morgan fingerprint density at radius 2 is 2.11 bits per heavy atom. The quantitative estimate of drug-likeness (QED) is 0.305. The van der Waals surface area contributed by atoms with Crippen molar-refractivity contribution in [1.29, 1.82) is 0 Å². The molecule has 146 valence electrons. The van der Waals surface area contributed by atoms with E-state index in [0.717, 1.165) is 30.4 Å². The Kier molecular flexibility index (Phi) is 7.35. The summed E-state index contributed by atoms with van der Waals surface area (Å²) >= 11 is 1.58. The van der Waals surface area contributed by atoms with Gasteiger partial charge in [0.15, 0.2) is 5.16 Å². The number of hydrogen-bond donors (Lipinski definition) is 1. The van der Waals surface area contributed by atoms with E-state index in [1.165, 1.54) is 18.2 Å². The van der Waals surface area contributed by atoms with E-state index >= 15 is 0 Å². The highest BCUT2D eigenvalue weighted by atomic mass is 32.2. The fourth-order valence-electron chi connectivity index (χ4n) is 2.76. The van der Waals surface area contributed by atoms with Gasteiger partial charge in [-0.25, -0.2) is 0 Å². The monoisotopic (exact) mass is 391 g/mol. The maximum absolute atomic E-state index is 12.2. The van der Waals surface area contributed by atoms with E-state index in [-0.39, 0.29) is 11.6 Å². The molecule has 0 aliphatic heterocycles. The molecule has 1 heterocycles. The Morgan fingerprint density at radius 3 is 2.70 bits per heavy atom. The van der Waals surface area contributed by atoms with Crippen LogP contribution in [0.5, 0.6) is 0 Å². The lowest BCUT2D eigenvalue weighted by atomic mass is 10.1. The van der Waals surface area contributed by atoms with Crippen LogP contribution in [-0.4, -0.2) is 38.4 Å². The second-order valence-corrected chi connectivity index (χ2v) is 7.50. The second kappa shape index (κ2) is 9.50. The van der Waals surface area contributed by atoms with Crippen LogP contribution < -0.4 is 5.32 Å². The fraction of sp³-hybridized carbons (Fsp3) is 0.500. The van der Waals surface area contributed by atoms with Crippen LogP contribution in [0.15, 0.2) is 23.4 Å². The number of hydrogen-bond acceptors (Lipinski definition) is 6. The summed E-state index contributed by atoms with van der Waals surface area (Å²) in [6.45, 7) is 7.30. The summed E-state index contributed by atoms with van der Waals surface area (Å²) in [5.41, 5.74) is 0.908. The molecule has 0 fully saturated rings. The predicted molar refractivity (Wildman–Crippen MR) is 105 cm³/mol. The van der Waals surface area contributed by atoms with E-state index in [4.69, 9.17) is 0 Å². The lowest BCUT2D eigenvalue weighted by molar-refractivity contribution is -0.385. The van der Waals surface area contributed by atoms with Crippen LogP contribution in [0, 0.1) is 23.0 Å². The Bertz CT molecular complexity index is 819. The summed E-state index contributed by atoms with van der Waals surface area (Å²) in [6.07, 6.45) is 3.44. The van der Waals surface area contributed by atoms with Crippen molar-refractivity contribution in [3.63, 3.8) is 0 Å². The minimum Gasteiger partial charge on any atom is -0.352 e. The van der Waals surface area contributed by atoms with E-state index in [9.17, 15) is 14.9 Å². The van der Waals surface area contributed by atoms with E-state index in [1.807, 2.05) is 6.26 Å². The lowest BCUT2D eigenvalue weighted by Gasteiger charge is -2.12. The van der Waals surface area contributed by atoms with Gasteiger partial charge in [0.2, 0.25) is 0 Å². The Balaban J connectivity index is 1.90. The van der Waals surface area contributed by atoms with Gasteiger partial charge < -0.3 is 9.88 Å². The summed E-state index contributed by atoms with van der Waals surface area (Å²) in [5, 5.41) is 23.1. The van der Waals surface area contributed by atoms with Gasteiger partial charge in [0, 0.05) is 36.7 Å². The third-order valence-electron chi connectivity index (χ3n) is 4.04. The van der Waals surface area contributed by atoms with Crippen molar-refractivity contribution in [2.24, 2.45) is 5.92 Å². The zero-order valence-corrected chi connectivity index (χ0v) is 16.9. The molecule has 9 heteroatoms. The molecule has 2 rings (SSSR count). The number of carbonyl (C=O) groups is 1. The Labute approximate surface area is 162 Å². The number of nitro groups is 1. The van der Waals surface area contributed by atoms with Crippen LogP contribution in [-0.2, 0) is 13.0 Å². The van der Waals surface area contributed by atoms with Gasteiger partial charge in [-0.2, -0.15) is 0 Å². The Hall–Kier alpha value is -2.42. The number of aryl methyl sites for hydroxylation is 2. The van der Waals surface area contributed by atoms with Crippen molar-refractivity contribution in [3.05, 3.63) is 45.3 Å². The van der Waals surface area contributed by atoms with E-state index in [1.54, 1.807) is 18.7 Å². The zero-order valence-electron chi connectivity index (χ0n) is 16.1. The lowest BCUT2D eigenvalue weighted by Crippen LogP contribution is -2.25. The number of thioether (sulfide) groups is 1. The van der Waals surface area contributed by atoms with Gasteiger partial charge in [-0.1, -0.05) is 25.6 Å². The number of aromatic nitrogens is 3. The summed E-state index contributed by atoms with van der Waals surface area (Å²) in [7, 11) is 0. The number of nitrogens with one attached hydrogen (secondary N) is 1. The van der Waals surface area contributed by atoms with Crippen molar-refractivity contribution in [2.75, 3.05) is 12.8 Å². The molecule has 1 aromatic carbocycles. The second-order valence-electron chi connectivity index (χ2n) is 6.73. The van der Waals surface area contributed by atoms with E-state index in [2.05, 4.69) is 33.9 Å². The molecule has 0 aliphatic carbocycles. The van der Waals surface area contributed by atoms with E-state index < -0.39 is 4.92 Å². The average Bonchev–Trinajstić information content (AvgIpc) is 2.99. The van der Waals surface area contributed by atoms with Crippen molar-refractivity contribution in [3.8, 4) is 0 Å². The molecular formula is C18H25N5O3S. The van der Waals surface area contributed by atoms with Gasteiger partial charge in [-0.05, 0) is 37.7 Å². The molecule has 0 atom stereocenters. The van der Waals surface area contributed by atoms with Gasteiger partial charge in [0.25, 0.3) is 11.6 Å². The van der Waals surface area contributed by atoms with E-state index in [0.29, 0.717) is 23.6 Å². The smallest absolute Gasteiger partial charge is 0.272 e. The molecule has 8 nitrogen and oxygen atoms in total. The number of rotatable bonds is 9. The van der Waals surface area contributed by atoms with Crippen LogP contribution in [0.4, 0.5) is 5.69 Å². The number of carbonyl (C=O) groups excluding carboxylic acids is 1. The topological polar surface area (TPSA) is 103 Å². The molecule has 1 amide bonds. The highest BCUT2D eigenvalue weighted by Crippen LogP contribution is 2.19. The van der Waals surface area contributed by atoms with Gasteiger partial charge in [-0.15, -0.1) is 10.2 Å². The van der Waals surface area contributed by atoms with Crippen molar-refractivity contribution in [2.45, 2.75) is 45.3 Å². The van der Waals surface area contributed by atoms with Crippen LogP contribution in [0.3, 0.4) is 0 Å². The van der Waals surface area contributed by atoms with Crippen LogP contribution in [0.25, 0.3) is 0 Å². The highest BCUT2D eigenvalue weighted by molar-refractivity contribution is 7.98. The van der Waals surface area contributed by atoms with Gasteiger partial charge in [0.05, 0.1) is 4.92 Å². The molecule has 0 aliphatic rings. The molecular weight excluding hydrogens is 366 g/mol. The normalized spacial score (nSPS) is 11.0. The third kappa shape index (κ3) is 5.53. The Morgan fingerprint density at radius 1 is 1.37 bits per heavy atom. The highest BCUT2D eigenvalue weighted by Gasteiger charge is 2.15. The minimum absolute atomic E-state index is 0.0145. The SMILES string of the molecule is CSc1nnc(CCCNC(=O)c2ccc([N+](=O)[O-])c(C)c2)n1CC(C)C. The molecule has 1 N–H and O–H groups in total. The first kappa shape index (κ1) is 20.9. The molecule has 0 spiro atoms. The molecule has 0 bridgehead atoms. The summed E-state index contributed by atoms with van der Waals surface area (Å²) in [4.78, 5) is 22.6. The number of amides is 1. The third-order valence-corrected chi connectivity index (χ3v) is 4.71. The molecule has 1 aromatic heterocycles. The van der Waals surface area contributed by atoms with Crippen molar-refractivity contribution < 1.29 is 9.72 Å². The number of nitrogens with zero attached hydrogens (tertiary/aromatic N) is 4. The standard InChI is InChI=1S/C18H25N5O3S/c1-12(2)11-22-16(20-21-18(22)27-4)6-5-9-19-17(24)14-7-8-15(23(25)26)13(3)10-14/h7-8,10,12H,5-6,9,11H2,1-4H3,(H,19,24). The molecule has 0 saturated heterocycles. The van der Waals surface area contributed by atoms with Gasteiger partial charge in [-0.3, -0.25) is 14.9 Å². The summed E-state index contributed by atoms with van der Waals surface area (Å²) in [6, 6.07) is 4.38.